The number of hydrogen-bond donors (Lipinski definition) is 1. The smallest absolute Gasteiger partial charge is 0.255 e. The monoisotopic (exact) mass is 373 g/mol. The average molecular weight is 373 g/mol. The molecule has 0 aliphatic carbocycles. The number of methoxy groups -OCH3 is 2. The van der Waals surface area contributed by atoms with Crippen LogP contribution in [0.15, 0.2) is 73.1 Å². The molecule has 0 unspecified atom stereocenters. The van der Waals surface area contributed by atoms with Crippen LogP contribution in [0.25, 0.3) is 16.9 Å². The van der Waals surface area contributed by atoms with Gasteiger partial charge in [-0.05, 0) is 48.5 Å². The Balaban J connectivity index is 1.67. The summed E-state index contributed by atoms with van der Waals surface area (Å²) in [5, 5.41) is 2.92. The largest absolute Gasteiger partial charge is 0.497 e. The molecular formula is C22H19N3O3. The maximum atomic E-state index is 12.7. The Labute approximate surface area is 162 Å². The van der Waals surface area contributed by atoms with E-state index < -0.39 is 0 Å². The van der Waals surface area contributed by atoms with E-state index in [9.17, 15) is 4.79 Å². The molecule has 28 heavy (non-hydrogen) atoms. The highest BCUT2D eigenvalue weighted by Crippen LogP contribution is 2.31. The van der Waals surface area contributed by atoms with Gasteiger partial charge in [-0.2, -0.15) is 0 Å². The minimum Gasteiger partial charge on any atom is -0.497 e. The highest BCUT2D eigenvalue weighted by atomic mass is 16.5. The van der Waals surface area contributed by atoms with Gasteiger partial charge in [-0.3, -0.25) is 4.79 Å². The zero-order chi connectivity index (χ0) is 19.5. The van der Waals surface area contributed by atoms with Crippen LogP contribution in [0.5, 0.6) is 11.5 Å². The number of rotatable bonds is 5. The van der Waals surface area contributed by atoms with Crippen LogP contribution < -0.4 is 14.8 Å². The second-order valence-electron chi connectivity index (χ2n) is 6.19. The van der Waals surface area contributed by atoms with Crippen molar-refractivity contribution in [1.82, 2.24) is 9.38 Å². The molecular weight excluding hydrogens is 354 g/mol. The van der Waals surface area contributed by atoms with Gasteiger partial charge in [0.1, 0.15) is 17.1 Å². The molecule has 2 aromatic heterocycles. The standard InChI is InChI=1S/C22H19N3O3/c1-27-17-7-5-6-16(12-17)22(26)24-18-13-15(9-10-20(18)28-2)19-14-25-11-4-3-8-21(25)23-19/h3-14H,1-2H3,(H,24,26). The summed E-state index contributed by atoms with van der Waals surface area (Å²) >= 11 is 0. The Morgan fingerprint density at radius 1 is 1.00 bits per heavy atom. The van der Waals surface area contributed by atoms with Gasteiger partial charge in [-0.25, -0.2) is 4.98 Å². The molecule has 0 atom stereocenters. The number of amides is 1. The number of benzene rings is 2. The maximum absolute atomic E-state index is 12.7. The number of ether oxygens (including phenoxy) is 2. The van der Waals surface area contributed by atoms with E-state index >= 15 is 0 Å². The topological polar surface area (TPSA) is 64.9 Å². The van der Waals surface area contributed by atoms with Gasteiger partial charge in [0, 0.05) is 23.5 Å². The van der Waals surface area contributed by atoms with Crippen molar-refractivity contribution in [3.8, 4) is 22.8 Å². The van der Waals surface area contributed by atoms with Crippen LogP contribution >= 0.6 is 0 Å². The number of carbonyl (C=O) groups excluding carboxylic acids is 1. The number of pyridine rings is 1. The van der Waals surface area contributed by atoms with E-state index in [0.717, 1.165) is 16.9 Å². The third kappa shape index (κ3) is 3.40. The molecule has 6 heteroatoms. The van der Waals surface area contributed by atoms with Gasteiger partial charge in [0.05, 0.1) is 25.6 Å². The fourth-order valence-electron chi connectivity index (χ4n) is 3.00. The molecule has 140 valence electrons. The molecule has 4 aromatic rings. The van der Waals surface area contributed by atoms with Crippen molar-refractivity contribution in [2.45, 2.75) is 0 Å². The van der Waals surface area contributed by atoms with Crippen LogP contribution in [0.1, 0.15) is 10.4 Å². The first kappa shape index (κ1) is 17.6. The Morgan fingerprint density at radius 3 is 2.68 bits per heavy atom. The summed E-state index contributed by atoms with van der Waals surface area (Å²) in [6.07, 6.45) is 3.89. The molecule has 0 radical (unpaired) electrons. The predicted molar refractivity (Wildman–Crippen MR) is 108 cm³/mol. The number of hydrogen-bond acceptors (Lipinski definition) is 4. The molecule has 0 fully saturated rings. The summed E-state index contributed by atoms with van der Waals surface area (Å²) in [5.74, 6) is 0.950. The van der Waals surface area contributed by atoms with E-state index in [2.05, 4.69) is 10.3 Å². The van der Waals surface area contributed by atoms with E-state index in [1.54, 1.807) is 38.5 Å². The number of carbonyl (C=O) groups is 1. The minimum atomic E-state index is -0.246. The fourth-order valence-corrected chi connectivity index (χ4v) is 3.00. The normalized spacial score (nSPS) is 10.6. The molecule has 0 aliphatic heterocycles. The third-order valence-electron chi connectivity index (χ3n) is 4.44. The van der Waals surface area contributed by atoms with Gasteiger partial charge in [-0.15, -0.1) is 0 Å². The maximum Gasteiger partial charge on any atom is 0.255 e. The van der Waals surface area contributed by atoms with Crippen LogP contribution in [0, 0.1) is 0 Å². The van der Waals surface area contributed by atoms with Gasteiger partial charge in [0.25, 0.3) is 5.91 Å². The van der Waals surface area contributed by atoms with Crippen LogP contribution in [0.3, 0.4) is 0 Å². The van der Waals surface area contributed by atoms with E-state index in [1.807, 2.05) is 53.2 Å². The summed E-state index contributed by atoms with van der Waals surface area (Å²) in [7, 11) is 3.14. The SMILES string of the molecule is COc1cccc(C(=O)Nc2cc(-c3cn4ccccc4n3)ccc2OC)c1. The molecule has 0 bridgehead atoms. The van der Waals surface area contributed by atoms with Crippen LogP contribution in [0.4, 0.5) is 5.69 Å². The lowest BCUT2D eigenvalue weighted by Gasteiger charge is -2.12. The summed E-state index contributed by atoms with van der Waals surface area (Å²) in [6.45, 7) is 0. The Hall–Kier alpha value is -3.80. The first-order chi connectivity index (χ1) is 13.7. The van der Waals surface area contributed by atoms with E-state index in [0.29, 0.717) is 22.7 Å². The van der Waals surface area contributed by atoms with Crippen molar-refractivity contribution in [3.05, 3.63) is 78.6 Å². The van der Waals surface area contributed by atoms with Crippen LogP contribution in [-0.2, 0) is 0 Å². The predicted octanol–water partition coefficient (Wildman–Crippen LogP) is 4.27. The van der Waals surface area contributed by atoms with Gasteiger partial charge < -0.3 is 19.2 Å². The number of aromatic nitrogens is 2. The lowest BCUT2D eigenvalue weighted by Crippen LogP contribution is -2.12. The second-order valence-corrected chi connectivity index (χ2v) is 6.19. The molecule has 6 nitrogen and oxygen atoms in total. The van der Waals surface area contributed by atoms with Crippen molar-refractivity contribution in [2.24, 2.45) is 0 Å². The summed E-state index contributed by atoms with van der Waals surface area (Å²) in [6, 6.07) is 18.4. The summed E-state index contributed by atoms with van der Waals surface area (Å²) in [4.78, 5) is 17.3. The van der Waals surface area contributed by atoms with E-state index in [4.69, 9.17) is 9.47 Å². The number of imidazole rings is 1. The fraction of sp³-hybridized carbons (Fsp3) is 0.0909. The lowest BCUT2D eigenvalue weighted by atomic mass is 10.1. The third-order valence-corrected chi connectivity index (χ3v) is 4.44. The number of anilines is 1. The van der Waals surface area contributed by atoms with Crippen molar-refractivity contribution in [1.29, 1.82) is 0 Å². The van der Waals surface area contributed by atoms with Crippen LogP contribution in [0.2, 0.25) is 0 Å². The van der Waals surface area contributed by atoms with E-state index in [-0.39, 0.29) is 5.91 Å². The molecule has 0 saturated heterocycles. The van der Waals surface area contributed by atoms with E-state index in [1.165, 1.54) is 0 Å². The summed E-state index contributed by atoms with van der Waals surface area (Å²) in [5.41, 5.74) is 3.62. The van der Waals surface area contributed by atoms with Crippen molar-refractivity contribution in [2.75, 3.05) is 19.5 Å². The van der Waals surface area contributed by atoms with Crippen molar-refractivity contribution >= 4 is 17.2 Å². The number of nitrogens with one attached hydrogen (secondary N) is 1. The number of fused-ring (bicyclic) bond motifs is 1. The summed E-state index contributed by atoms with van der Waals surface area (Å²) < 4.78 is 12.6. The van der Waals surface area contributed by atoms with Gasteiger partial charge in [0.2, 0.25) is 0 Å². The van der Waals surface area contributed by atoms with Crippen LogP contribution in [-0.4, -0.2) is 29.5 Å². The Bertz CT molecular complexity index is 1120. The number of nitrogens with zero attached hydrogens (tertiary/aromatic N) is 2. The van der Waals surface area contributed by atoms with Gasteiger partial charge >= 0.3 is 0 Å². The minimum absolute atomic E-state index is 0.246. The van der Waals surface area contributed by atoms with Crippen molar-refractivity contribution in [3.63, 3.8) is 0 Å². The first-order valence-electron chi connectivity index (χ1n) is 8.75. The van der Waals surface area contributed by atoms with Gasteiger partial charge in [-0.1, -0.05) is 12.1 Å². The molecule has 2 aromatic carbocycles. The van der Waals surface area contributed by atoms with Crippen molar-refractivity contribution < 1.29 is 14.3 Å². The Morgan fingerprint density at radius 2 is 1.89 bits per heavy atom. The molecule has 0 saturated carbocycles. The molecule has 0 aliphatic rings. The molecule has 2 heterocycles. The molecule has 1 N–H and O–H groups in total. The van der Waals surface area contributed by atoms with Gasteiger partial charge in [0.15, 0.2) is 0 Å². The Kier molecular flexibility index (Phi) is 4.68. The quantitative estimate of drug-likeness (QED) is 0.567. The average Bonchev–Trinajstić information content (AvgIpc) is 3.18. The second kappa shape index (κ2) is 7.44. The lowest BCUT2D eigenvalue weighted by molar-refractivity contribution is 0.102. The molecule has 4 rings (SSSR count). The molecule has 0 spiro atoms. The zero-order valence-electron chi connectivity index (χ0n) is 15.5. The molecule has 1 amide bonds. The first-order valence-corrected chi connectivity index (χ1v) is 8.75. The zero-order valence-corrected chi connectivity index (χ0v) is 15.5. The highest BCUT2D eigenvalue weighted by molar-refractivity contribution is 6.05. The highest BCUT2D eigenvalue weighted by Gasteiger charge is 2.13.